The van der Waals surface area contributed by atoms with Crippen molar-refractivity contribution in [1.82, 2.24) is 9.97 Å². The van der Waals surface area contributed by atoms with Crippen LogP contribution in [-0.2, 0) is 5.92 Å². The van der Waals surface area contributed by atoms with Crippen molar-refractivity contribution in [3.63, 3.8) is 0 Å². The van der Waals surface area contributed by atoms with Crippen molar-refractivity contribution in [3.8, 4) is 11.9 Å². The molecule has 0 aromatic carbocycles. The number of aromatic nitrogens is 2. The van der Waals surface area contributed by atoms with Crippen LogP contribution in [0.3, 0.4) is 0 Å². The Morgan fingerprint density at radius 1 is 1.06 bits per heavy atom. The summed E-state index contributed by atoms with van der Waals surface area (Å²) in [4.78, 5) is 6.45. The van der Waals surface area contributed by atoms with Gasteiger partial charge in [0.05, 0.1) is 14.2 Å². The number of ether oxygens (including phenoxy) is 2. The molecular weight excluding hydrogens is 251 g/mol. The quantitative estimate of drug-likeness (QED) is 0.779. The summed E-state index contributed by atoms with van der Waals surface area (Å²) in [5.41, 5.74) is -1.46. The minimum atomic E-state index is -5.75. The van der Waals surface area contributed by atoms with E-state index in [0.717, 1.165) is 14.2 Å². The Bertz CT molecular complexity index is 407. The first-order chi connectivity index (χ1) is 7.74. The first kappa shape index (κ1) is 13.4. The predicted molar refractivity (Wildman–Crippen MR) is 45.1 cm³/mol. The minimum absolute atomic E-state index is 0.318. The topological polar surface area (TPSA) is 44.2 Å². The van der Waals surface area contributed by atoms with Crippen molar-refractivity contribution < 1.29 is 31.4 Å². The van der Waals surface area contributed by atoms with E-state index in [2.05, 4.69) is 19.4 Å². The monoisotopic (exact) mass is 258 g/mol. The fourth-order valence-corrected chi connectivity index (χ4v) is 0.973. The second kappa shape index (κ2) is 4.30. The third kappa shape index (κ3) is 2.37. The molecule has 17 heavy (non-hydrogen) atoms. The number of rotatable bonds is 3. The fourth-order valence-electron chi connectivity index (χ4n) is 0.973. The lowest BCUT2D eigenvalue weighted by atomic mass is 10.1. The van der Waals surface area contributed by atoms with Crippen molar-refractivity contribution in [3.05, 3.63) is 11.8 Å². The molecule has 0 amide bonds. The van der Waals surface area contributed by atoms with Crippen LogP contribution in [-0.4, -0.2) is 30.4 Å². The number of nitrogens with zero attached hydrogens (tertiary/aromatic N) is 2. The van der Waals surface area contributed by atoms with Gasteiger partial charge in [-0.1, -0.05) is 0 Å². The van der Waals surface area contributed by atoms with Crippen molar-refractivity contribution in [2.24, 2.45) is 0 Å². The standard InChI is InChI=1S/C8H7F5N2O2/c1-16-5-4(3-14-6(15-5)17-2)7(9,10)8(11,12)13/h3H,1-2H3. The van der Waals surface area contributed by atoms with Crippen LogP contribution in [0.1, 0.15) is 5.56 Å². The van der Waals surface area contributed by atoms with Crippen LogP contribution < -0.4 is 9.47 Å². The molecule has 0 N–H and O–H groups in total. The number of hydrogen-bond acceptors (Lipinski definition) is 4. The second-order valence-electron chi connectivity index (χ2n) is 2.85. The van der Waals surface area contributed by atoms with Crippen LogP contribution in [0.2, 0.25) is 0 Å². The molecule has 0 aliphatic rings. The first-order valence-electron chi connectivity index (χ1n) is 4.14. The molecule has 1 aromatic rings. The van der Waals surface area contributed by atoms with Crippen LogP contribution in [0.15, 0.2) is 6.20 Å². The van der Waals surface area contributed by atoms with E-state index in [4.69, 9.17) is 0 Å². The molecule has 0 aliphatic heterocycles. The summed E-state index contributed by atoms with van der Waals surface area (Å²) < 4.78 is 71.3. The van der Waals surface area contributed by atoms with Gasteiger partial charge in [0.25, 0.3) is 0 Å². The summed E-state index contributed by atoms with van der Waals surface area (Å²) in [6, 6.07) is -0.372. The maximum Gasteiger partial charge on any atom is 0.458 e. The lowest BCUT2D eigenvalue weighted by molar-refractivity contribution is -0.290. The Balaban J connectivity index is 3.31. The molecule has 0 bridgehead atoms. The summed E-state index contributed by atoms with van der Waals surface area (Å²) >= 11 is 0. The summed E-state index contributed by atoms with van der Waals surface area (Å²) in [5, 5.41) is 0. The van der Waals surface area contributed by atoms with Gasteiger partial charge in [-0.3, -0.25) is 0 Å². The second-order valence-corrected chi connectivity index (χ2v) is 2.85. The van der Waals surface area contributed by atoms with Gasteiger partial charge in [0.1, 0.15) is 5.56 Å². The zero-order chi connectivity index (χ0) is 13.3. The number of methoxy groups -OCH3 is 2. The normalized spacial score (nSPS) is 12.4. The molecule has 0 unspecified atom stereocenters. The Morgan fingerprint density at radius 3 is 2.06 bits per heavy atom. The predicted octanol–water partition coefficient (Wildman–Crippen LogP) is 2.15. The van der Waals surface area contributed by atoms with Gasteiger partial charge in [0.2, 0.25) is 5.88 Å². The number of alkyl halides is 5. The summed E-state index contributed by atoms with van der Waals surface area (Å²) in [6.07, 6.45) is -5.43. The maximum atomic E-state index is 13.0. The highest BCUT2D eigenvalue weighted by Crippen LogP contribution is 2.46. The third-order valence-electron chi connectivity index (χ3n) is 1.80. The van der Waals surface area contributed by atoms with E-state index >= 15 is 0 Å². The Hall–Kier alpha value is -1.67. The molecular formula is C8H7F5N2O2. The SMILES string of the molecule is COc1ncc(C(F)(F)C(F)(F)F)c(OC)n1. The van der Waals surface area contributed by atoms with E-state index in [0.29, 0.717) is 6.20 Å². The van der Waals surface area contributed by atoms with Gasteiger partial charge in [0, 0.05) is 6.20 Å². The van der Waals surface area contributed by atoms with Crippen LogP contribution >= 0.6 is 0 Å². The van der Waals surface area contributed by atoms with Crippen molar-refractivity contribution in [1.29, 1.82) is 0 Å². The molecule has 4 nitrogen and oxygen atoms in total. The molecule has 9 heteroatoms. The van der Waals surface area contributed by atoms with Crippen LogP contribution in [0.5, 0.6) is 11.9 Å². The van der Waals surface area contributed by atoms with E-state index in [1.165, 1.54) is 0 Å². The Kier molecular flexibility index (Phi) is 3.39. The highest BCUT2D eigenvalue weighted by Gasteiger charge is 2.60. The molecule has 0 saturated heterocycles. The van der Waals surface area contributed by atoms with Crippen LogP contribution in [0.4, 0.5) is 22.0 Å². The van der Waals surface area contributed by atoms with E-state index in [1.807, 2.05) is 0 Å². The summed E-state index contributed by atoms with van der Waals surface area (Å²) in [6.45, 7) is 0. The van der Waals surface area contributed by atoms with E-state index in [1.54, 1.807) is 0 Å². The van der Waals surface area contributed by atoms with Gasteiger partial charge >= 0.3 is 18.1 Å². The Morgan fingerprint density at radius 2 is 1.65 bits per heavy atom. The highest BCUT2D eigenvalue weighted by molar-refractivity contribution is 5.30. The van der Waals surface area contributed by atoms with Crippen molar-refractivity contribution in [2.45, 2.75) is 12.1 Å². The maximum absolute atomic E-state index is 13.0. The average Bonchev–Trinajstić information content (AvgIpc) is 2.26. The molecule has 0 atom stereocenters. The molecule has 1 rings (SSSR count). The lowest BCUT2D eigenvalue weighted by Gasteiger charge is -2.20. The number of halogens is 5. The minimum Gasteiger partial charge on any atom is -0.480 e. The molecule has 0 aliphatic carbocycles. The van der Waals surface area contributed by atoms with Gasteiger partial charge in [-0.25, -0.2) is 4.98 Å². The lowest BCUT2D eigenvalue weighted by Crippen LogP contribution is -2.34. The molecule has 0 radical (unpaired) electrons. The summed E-state index contributed by atoms with van der Waals surface area (Å²) in [7, 11) is 2.05. The number of hydrogen-bond donors (Lipinski definition) is 0. The van der Waals surface area contributed by atoms with Gasteiger partial charge < -0.3 is 9.47 Å². The Labute approximate surface area is 92.4 Å². The van der Waals surface area contributed by atoms with E-state index < -0.39 is 23.5 Å². The molecule has 0 fully saturated rings. The van der Waals surface area contributed by atoms with Gasteiger partial charge in [-0.15, -0.1) is 0 Å². The summed E-state index contributed by atoms with van der Waals surface area (Å²) in [5.74, 6) is -5.98. The molecule has 96 valence electrons. The molecule has 1 heterocycles. The smallest absolute Gasteiger partial charge is 0.458 e. The van der Waals surface area contributed by atoms with E-state index in [-0.39, 0.29) is 6.01 Å². The third-order valence-corrected chi connectivity index (χ3v) is 1.80. The van der Waals surface area contributed by atoms with Crippen LogP contribution in [0.25, 0.3) is 0 Å². The average molecular weight is 258 g/mol. The largest absolute Gasteiger partial charge is 0.480 e. The molecule has 0 spiro atoms. The zero-order valence-electron chi connectivity index (χ0n) is 8.68. The van der Waals surface area contributed by atoms with E-state index in [9.17, 15) is 22.0 Å². The van der Waals surface area contributed by atoms with Crippen molar-refractivity contribution in [2.75, 3.05) is 14.2 Å². The zero-order valence-corrected chi connectivity index (χ0v) is 8.68. The molecule has 0 saturated carbocycles. The van der Waals surface area contributed by atoms with Gasteiger partial charge in [-0.2, -0.15) is 26.9 Å². The van der Waals surface area contributed by atoms with Crippen molar-refractivity contribution >= 4 is 0 Å². The first-order valence-corrected chi connectivity index (χ1v) is 4.14. The highest BCUT2D eigenvalue weighted by atomic mass is 19.4. The van der Waals surface area contributed by atoms with Gasteiger partial charge in [-0.05, 0) is 0 Å². The fraction of sp³-hybridized carbons (Fsp3) is 0.500. The molecule has 1 aromatic heterocycles. The van der Waals surface area contributed by atoms with Crippen LogP contribution in [0, 0.1) is 0 Å². The van der Waals surface area contributed by atoms with Gasteiger partial charge in [0.15, 0.2) is 0 Å².